The molecule has 2 aliphatic heterocycles. The molecule has 0 saturated carbocycles. The molecule has 0 radical (unpaired) electrons. The molecule has 5 heteroatoms. The summed E-state index contributed by atoms with van der Waals surface area (Å²) in [7, 11) is 0. The molecule has 2 aliphatic carbocycles. The van der Waals surface area contributed by atoms with Crippen LogP contribution in [0.3, 0.4) is 0 Å². The van der Waals surface area contributed by atoms with Crippen LogP contribution in [0.25, 0.3) is 111 Å². The highest BCUT2D eigenvalue weighted by atomic mass is 15.2. The minimum atomic E-state index is -0.197. The summed E-state index contributed by atoms with van der Waals surface area (Å²) in [5.41, 5.74) is 38.2. The Bertz CT molecular complexity index is 6340. The number of hydrogen-bond donors (Lipinski definition) is 0. The molecule has 0 N–H and O–H groups in total. The largest absolute Gasteiger partial charge is 0.311 e. The monoisotopic (exact) mass is 1430 g/mol. The van der Waals surface area contributed by atoms with Crippen LogP contribution in [0.4, 0.5) is 34.1 Å². The molecule has 4 aliphatic rings. The van der Waals surface area contributed by atoms with Crippen LogP contribution >= 0.6 is 0 Å². The second kappa shape index (κ2) is 24.4. The van der Waals surface area contributed by atoms with Crippen LogP contribution in [-0.4, -0.2) is 15.8 Å². The van der Waals surface area contributed by atoms with Gasteiger partial charge in [0.05, 0.1) is 27.8 Å². The Hall–Kier alpha value is -11.7. The van der Waals surface area contributed by atoms with Gasteiger partial charge in [0.2, 0.25) is 0 Å². The van der Waals surface area contributed by atoms with Crippen LogP contribution in [0.5, 0.6) is 0 Å². The minimum absolute atomic E-state index is 0.0584. The zero-order chi connectivity index (χ0) is 76.2. The van der Waals surface area contributed by atoms with Crippen molar-refractivity contribution in [2.45, 2.75) is 142 Å². The summed E-state index contributed by atoms with van der Waals surface area (Å²) in [5.74, 6) is 0. The number of benzene rings is 14. The highest BCUT2D eigenvalue weighted by Crippen LogP contribution is 2.54. The summed E-state index contributed by atoms with van der Waals surface area (Å²) in [6.45, 7) is 33.2. The van der Waals surface area contributed by atoms with Crippen LogP contribution in [0.2, 0.25) is 0 Å². The molecule has 542 valence electrons. The van der Waals surface area contributed by atoms with E-state index < -0.39 is 0 Å². The molecule has 2 aromatic heterocycles. The smallest absolute Gasteiger partial charge is 0.252 e. The Morgan fingerprint density at radius 1 is 0.252 bits per heavy atom. The van der Waals surface area contributed by atoms with Crippen molar-refractivity contribution in [3.63, 3.8) is 0 Å². The van der Waals surface area contributed by atoms with Crippen molar-refractivity contribution in [2.24, 2.45) is 0 Å². The maximum absolute atomic E-state index is 2.65. The molecule has 0 amide bonds. The van der Waals surface area contributed by atoms with Crippen molar-refractivity contribution >= 4 is 101 Å². The number of rotatable bonds is 9. The molecule has 16 aromatic rings. The summed E-state index contributed by atoms with van der Waals surface area (Å²) in [4.78, 5) is 5.27. The number of aromatic nitrogens is 2. The summed E-state index contributed by atoms with van der Waals surface area (Å²) < 4.78 is 5.13. The standard InChI is InChI=1S/C106H95BN4/c1-101(2,3)76-39-52-94-84(59-76)85-60-77(102(4,5)6)40-53-95(85)111(94)81-62-98-100-99(63-81)109(79-43-32-70(33-44-79)74-35-47-87-89(57-74)106(13,14)65-104(87,9)10)97-61-80(110-92-49-36-71(66-24-18-15-19-25-66)54-82(92)83-55-72(37-50-93(83)110)67-26-20-16-21-27-67)45-48-90(97)107(100)91-58-75(68-28-22-17-23-29-68)38-51-96(91)108(98)78-41-30-69(31-42-78)73-34-46-86-88(56-73)105(11,12)64-103(86,7)8/h15-63H,64-65H2,1-14H3. The Morgan fingerprint density at radius 2 is 0.586 bits per heavy atom. The molecule has 0 spiro atoms. The van der Waals surface area contributed by atoms with Gasteiger partial charge >= 0.3 is 0 Å². The molecular weight excluding hydrogens is 1340 g/mol. The maximum Gasteiger partial charge on any atom is 0.252 e. The van der Waals surface area contributed by atoms with Gasteiger partial charge in [0, 0.05) is 61.4 Å². The average molecular weight is 1440 g/mol. The van der Waals surface area contributed by atoms with Crippen molar-refractivity contribution in [3.05, 3.63) is 331 Å². The number of hydrogen-bond acceptors (Lipinski definition) is 2. The van der Waals surface area contributed by atoms with Crippen molar-refractivity contribution in [1.29, 1.82) is 0 Å². The van der Waals surface area contributed by atoms with Gasteiger partial charge in [-0.3, -0.25) is 0 Å². The van der Waals surface area contributed by atoms with Gasteiger partial charge in [-0.15, -0.1) is 0 Å². The number of fused-ring (bicyclic) bond motifs is 12. The number of anilines is 6. The average Bonchev–Trinajstić information content (AvgIpc) is 0.952. The number of nitrogens with zero attached hydrogens (tertiary/aromatic N) is 4. The zero-order valence-corrected chi connectivity index (χ0v) is 66.6. The molecule has 4 heterocycles. The van der Waals surface area contributed by atoms with Crippen LogP contribution in [0.15, 0.2) is 297 Å². The first kappa shape index (κ1) is 68.6. The van der Waals surface area contributed by atoms with Gasteiger partial charge in [-0.25, -0.2) is 0 Å². The molecule has 111 heavy (non-hydrogen) atoms. The molecule has 20 rings (SSSR count). The first-order chi connectivity index (χ1) is 53.2. The van der Waals surface area contributed by atoms with Gasteiger partial charge < -0.3 is 18.9 Å². The molecule has 0 fully saturated rings. The lowest BCUT2D eigenvalue weighted by Crippen LogP contribution is -2.61. The SMILES string of the molecule is CC(C)(C)c1ccc2c(c1)c1cc(C(C)(C)C)ccc1n2-c1cc2c3c(c1)N(c1ccc(-c4ccc5c(c4)C(C)(C)CC5(C)C)cc1)c1cc(-n4c5ccc(-c6ccccc6)cc5c5cc(-c6ccccc6)ccc54)ccc1B3c1cc(-c3ccccc3)ccc1N2c1ccc(-c2ccc3c(c2)C(C)(C)CC3(C)C)cc1. The summed E-state index contributed by atoms with van der Waals surface area (Å²) in [6.07, 6.45) is 2.25. The van der Waals surface area contributed by atoms with Crippen LogP contribution in [0, 0.1) is 0 Å². The highest BCUT2D eigenvalue weighted by Gasteiger charge is 2.47. The Morgan fingerprint density at radius 3 is 1.03 bits per heavy atom. The van der Waals surface area contributed by atoms with E-state index in [1.54, 1.807) is 0 Å². The predicted molar refractivity (Wildman–Crippen MR) is 475 cm³/mol. The van der Waals surface area contributed by atoms with Gasteiger partial charge in [-0.1, -0.05) is 291 Å². The normalized spacial score (nSPS) is 15.6. The lowest BCUT2D eigenvalue weighted by molar-refractivity contribution is 0.402. The third-order valence-corrected chi connectivity index (χ3v) is 25.8. The first-order valence-corrected chi connectivity index (χ1v) is 40.1. The van der Waals surface area contributed by atoms with Crippen molar-refractivity contribution < 1.29 is 0 Å². The lowest BCUT2D eigenvalue weighted by Gasteiger charge is -2.44. The van der Waals surface area contributed by atoms with Crippen LogP contribution < -0.4 is 26.2 Å². The minimum Gasteiger partial charge on any atom is -0.311 e. The Kier molecular flexibility index (Phi) is 15.1. The zero-order valence-electron chi connectivity index (χ0n) is 66.6. The van der Waals surface area contributed by atoms with Crippen LogP contribution in [0.1, 0.15) is 143 Å². The van der Waals surface area contributed by atoms with E-state index in [0.29, 0.717) is 0 Å². The van der Waals surface area contributed by atoms with Crippen molar-refractivity contribution in [3.8, 4) is 67.0 Å². The molecule has 4 nitrogen and oxygen atoms in total. The molecular formula is C106H95BN4. The fourth-order valence-electron chi connectivity index (χ4n) is 20.7. The van der Waals surface area contributed by atoms with E-state index in [1.165, 1.54) is 138 Å². The van der Waals surface area contributed by atoms with E-state index in [2.05, 4.69) is 413 Å². The molecule has 14 aromatic carbocycles. The topological polar surface area (TPSA) is 16.3 Å². The predicted octanol–water partition coefficient (Wildman–Crippen LogP) is 26.8. The summed E-state index contributed by atoms with van der Waals surface area (Å²) in [6, 6.07) is 115. The molecule has 0 bridgehead atoms. The lowest BCUT2D eigenvalue weighted by atomic mass is 9.33. The fraction of sp³-hybridized carbons (Fsp3) is 0.208. The quantitative estimate of drug-likeness (QED) is 0.134. The summed E-state index contributed by atoms with van der Waals surface area (Å²) >= 11 is 0. The third kappa shape index (κ3) is 11.0. The van der Waals surface area contributed by atoms with Gasteiger partial charge in [-0.05, 0) is 254 Å². The molecule has 0 unspecified atom stereocenters. The Balaban J connectivity index is 0.875. The second-order valence-electron chi connectivity index (χ2n) is 37.2. The van der Waals surface area contributed by atoms with Crippen molar-refractivity contribution in [2.75, 3.05) is 9.80 Å². The van der Waals surface area contributed by atoms with E-state index in [-0.39, 0.29) is 39.2 Å². The van der Waals surface area contributed by atoms with E-state index in [4.69, 9.17) is 0 Å². The fourth-order valence-corrected chi connectivity index (χ4v) is 20.7. The molecule has 0 atom stereocenters. The van der Waals surface area contributed by atoms with Gasteiger partial charge in [0.15, 0.2) is 0 Å². The summed E-state index contributed by atoms with van der Waals surface area (Å²) in [5, 5.41) is 4.95. The maximum atomic E-state index is 2.65. The second-order valence-corrected chi connectivity index (χ2v) is 37.2. The highest BCUT2D eigenvalue weighted by molar-refractivity contribution is 7.00. The van der Waals surface area contributed by atoms with Crippen LogP contribution in [-0.2, 0) is 32.5 Å². The van der Waals surface area contributed by atoms with E-state index >= 15 is 0 Å². The van der Waals surface area contributed by atoms with E-state index in [0.717, 1.165) is 69.4 Å². The Labute approximate surface area is 655 Å². The molecule has 0 saturated heterocycles. The van der Waals surface area contributed by atoms with E-state index in [9.17, 15) is 0 Å². The van der Waals surface area contributed by atoms with Gasteiger partial charge in [0.25, 0.3) is 6.71 Å². The van der Waals surface area contributed by atoms with Gasteiger partial charge in [-0.2, -0.15) is 0 Å². The van der Waals surface area contributed by atoms with Gasteiger partial charge in [0.1, 0.15) is 0 Å². The van der Waals surface area contributed by atoms with E-state index in [1.807, 2.05) is 0 Å². The first-order valence-electron chi connectivity index (χ1n) is 40.1. The third-order valence-electron chi connectivity index (χ3n) is 25.8. The van der Waals surface area contributed by atoms with Crippen molar-refractivity contribution in [1.82, 2.24) is 9.13 Å².